The zero-order valence-corrected chi connectivity index (χ0v) is 33.9. The number of carbonyl (C=O) groups excluding carboxylic acids is 3. The van der Waals surface area contributed by atoms with E-state index < -0.39 is 74.4 Å². The van der Waals surface area contributed by atoms with Crippen molar-refractivity contribution in [2.24, 2.45) is 0 Å². The SMILES string of the molecule is O=C(COc1ccc(Cl)c(F)c1)NC12CCC(NC(=O)COc3ccc(Cl)c(F)c3)(CC1)[C@@H](OC(=O)OCCOP(=O)(OCc1ccccc1)OCc1ccccc1)C2. The molecule has 4 aromatic carbocycles. The summed E-state index contributed by atoms with van der Waals surface area (Å²) in [4.78, 5) is 39.6. The molecule has 3 fully saturated rings. The van der Waals surface area contributed by atoms with Crippen LogP contribution in [-0.2, 0) is 50.4 Å². The summed E-state index contributed by atoms with van der Waals surface area (Å²) in [5.41, 5.74) is -0.489. The number of fused-ring (bicyclic) bond motifs is 3. The summed E-state index contributed by atoms with van der Waals surface area (Å²) in [6.07, 6.45) is -0.703. The second-order valence-corrected chi connectivity index (χ2v) is 16.5. The van der Waals surface area contributed by atoms with Crippen LogP contribution >= 0.6 is 31.0 Å². The number of rotatable bonds is 19. The summed E-state index contributed by atoms with van der Waals surface area (Å²) in [5, 5.41) is 5.73. The van der Waals surface area contributed by atoms with Crippen molar-refractivity contribution in [3.63, 3.8) is 0 Å². The largest absolute Gasteiger partial charge is 0.508 e. The molecule has 0 unspecified atom stereocenters. The molecule has 7 rings (SSSR count). The summed E-state index contributed by atoms with van der Waals surface area (Å²) < 4.78 is 80.3. The van der Waals surface area contributed by atoms with Crippen LogP contribution in [0.4, 0.5) is 13.6 Å². The Hall–Kier alpha value is -4.76. The average molecular weight is 878 g/mol. The van der Waals surface area contributed by atoms with E-state index in [2.05, 4.69) is 10.6 Å². The highest BCUT2D eigenvalue weighted by atomic mass is 35.5. The van der Waals surface area contributed by atoms with Crippen molar-refractivity contribution in [1.82, 2.24) is 10.6 Å². The van der Waals surface area contributed by atoms with Gasteiger partial charge in [0.1, 0.15) is 35.8 Å². The Morgan fingerprint density at radius 3 is 1.69 bits per heavy atom. The fraction of sp³-hybridized carbons (Fsp3) is 0.341. The van der Waals surface area contributed by atoms with E-state index in [0.29, 0.717) is 12.8 Å². The Morgan fingerprint density at radius 1 is 0.678 bits per heavy atom. The highest BCUT2D eigenvalue weighted by molar-refractivity contribution is 7.48. The van der Waals surface area contributed by atoms with E-state index in [1.807, 2.05) is 12.1 Å². The zero-order valence-electron chi connectivity index (χ0n) is 31.5. The zero-order chi connectivity index (χ0) is 41.9. The first kappa shape index (κ1) is 43.8. The van der Waals surface area contributed by atoms with Crippen molar-refractivity contribution in [2.75, 3.05) is 26.4 Å². The molecule has 2 amide bonds. The Kier molecular flexibility index (Phi) is 14.8. The van der Waals surface area contributed by atoms with E-state index >= 15 is 0 Å². The quantitative estimate of drug-likeness (QED) is 0.0529. The molecule has 0 aliphatic heterocycles. The van der Waals surface area contributed by atoms with E-state index in [4.69, 9.17) is 55.7 Å². The van der Waals surface area contributed by atoms with Gasteiger partial charge in [-0.25, -0.2) is 18.1 Å². The molecular weight excluding hydrogens is 836 g/mol. The summed E-state index contributed by atoms with van der Waals surface area (Å²) in [7, 11) is -4.16. The van der Waals surface area contributed by atoms with Crippen LogP contribution in [-0.4, -0.2) is 61.6 Å². The molecule has 18 heteroatoms. The molecule has 3 aliphatic rings. The molecule has 4 aromatic rings. The Labute approximate surface area is 349 Å². The van der Waals surface area contributed by atoms with Gasteiger partial charge in [0.05, 0.1) is 35.4 Å². The van der Waals surface area contributed by atoms with Gasteiger partial charge in [-0.15, -0.1) is 0 Å². The van der Waals surface area contributed by atoms with Crippen molar-refractivity contribution < 1.29 is 60.2 Å². The molecule has 0 saturated heterocycles. The van der Waals surface area contributed by atoms with Crippen LogP contribution in [0.15, 0.2) is 97.1 Å². The van der Waals surface area contributed by atoms with Gasteiger partial charge in [0.15, 0.2) is 13.2 Å². The fourth-order valence-electron chi connectivity index (χ4n) is 6.86. The lowest BCUT2D eigenvalue weighted by molar-refractivity contribution is -0.139. The van der Waals surface area contributed by atoms with E-state index in [1.165, 1.54) is 24.3 Å². The summed E-state index contributed by atoms with van der Waals surface area (Å²) in [6.45, 7) is -1.86. The number of benzene rings is 4. The molecule has 1 atom stereocenters. The molecule has 13 nitrogen and oxygen atoms in total. The molecule has 0 spiro atoms. The second-order valence-electron chi connectivity index (χ2n) is 14.0. The highest BCUT2D eigenvalue weighted by Crippen LogP contribution is 2.51. The van der Waals surface area contributed by atoms with Crippen LogP contribution in [0.1, 0.15) is 43.2 Å². The molecule has 2 bridgehead atoms. The predicted molar refractivity (Wildman–Crippen MR) is 211 cm³/mol. The molecule has 2 N–H and O–H groups in total. The van der Waals surface area contributed by atoms with E-state index in [0.717, 1.165) is 23.3 Å². The number of ether oxygens (including phenoxy) is 4. The molecule has 3 aliphatic carbocycles. The molecule has 0 heterocycles. The van der Waals surface area contributed by atoms with Crippen LogP contribution < -0.4 is 20.1 Å². The standard InChI is InChI=1S/C41H41Cl2F2N2O11P/c42-32-13-11-30(21-34(32)44)53-26-37(48)46-40-15-17-41(18-16-40,47-38(49)27-54-31-12-14-33(43)35(45)22-31)36(23-40)58-39(50)52-19-20-55-59(51,56-24-28-7-3-1-4-8-28)57-25-29-9-5-2-6-10-29/h1-14,21-22,36H,15-20,23-27H2,(H,46,48)(H,47,49)/t36-,40?,41?/m0/s1. The van der Waals surface area contributed by atoms with Crippen LogP contribution in [0.25, 0.3) is 0 Å². The lowest BCUT2D eigenvalue weighted by atomic mass is 9.59. The predicted octanol–water partition coefficient (Wildman–Crippen LogP) is 8.50. The molecule has 314 valence electrons. The number of hydrogen-bond donors (Lipinski definition) is 2. The summed E-state index contributed by atoms with van der Waals surface area (Å²) in [6, 6.07) is 25.6. The van der Waals surface area contributed by atoms with Crippen molar-refractivity contribution in [3.05, 3.63) is 130 Å². The topological polar surface area (TPSA) is 157 Å². The van der Waals surface area contributed by atoms with Gasteiger partial charge in [-0.2, -0.15) is 0 Å². The van der Waals surface area contributed by atoms with Gasteiger partial charge in [-0.1, -0.05) is 83.9 Å². The first-order valence-corrected chi connectivity index (χ1v) is 20.8. The second kappa shape index (κ2) is 20.0. The molecule has 3 saturated carbocycles. The molecule has 0 aromatic heterocycles. The number of amides is 2. The van der Waals surface area contributed by atoms with Crippen molar-refractivity contribution >= 4 is 49.0 Å². The van der Waals surface area contributed by atoms with Gasteiger partial charge in [-0.05, 0) is 61.1 Å². The van der Waals surface area contributed by atoms with Gasteiger partial charge < -0.3 is 29.6 Å². The first-order chi connectivity index (χ1) is 28.3. The third kappa shape index (κ3) is 12.4. The van der Waals surface area contributed by atoms with Crippen molar-refractivity contribution in [2.45, 2.75) is 62.5 Å². The lowest BCUT2D eigenvalue weighted by Crippen LogP contribution is -2.71. The van der Waals surface area contributed by atoms with E-state index in [9.17, 15) is 27.7 Å². The Bertz CT molecular complexity index is 2080. The number of nitrogens with one attached hydrogen (secondary N) is 2. The number of halogens is 4. The molecule has 59 heavy (non-hydrogen) atoms. The Balaban J connectivity index is 1.07. The molecule has 0 radical (unpaired) electrons. The maximum atomic E-state index is 14.0. The minimum Gasteiger partial charge on any atom is -0.484 e. The van der Waals surface area contributed by atoms with Gasteiger partial charge >= 0.3 is 14.0 Å². The maximum absolute atomic E-state index is 14.0. The van der Waals surface area contributed by atoms with E-state index in [-0.39, 0.29) is 60.6 Å². The van der Waals surface area contributed by atoms with Crippen LogP contribution in [0.5, 0.6) is 11.5 Å². The Morgan fingerprint density at radius 2 is 1.19 bits per heavy atom. The molecular formula is C41H41Cl2F2N2O11P. The van der Waals surface area contributed by atoms with Crippen LogP contribution in [0, 0.1) is 11.6 Å². The summed E-state index contributed by atoms with van der Waals surface area (Å²) in [5.74, 6) is -2.31. The van der Waals surface area contributed by atoms with E-state index in [1.54, 1.807) is 48.5 Å². The first-order valence-electron chi connectivity index (χ1n) is 18.6. The van der Waals surface area contributed by atoms with Crippen molar-refractivity contribution in [1.29, 1.82) is 0 Å². The van der Waals surface area contributed by atoms with Crippen molar-refractivity contribution in [3.8, 4) is 11.5 Å². The average Bonchev–Trinajstić information content (AvgIpc) is 3.23. The lowest BCUT2D eigenvalue weighted by Gasteiger charge is -2.56. The number of phosphoric ester groups is 1. The minimum atomic E-state index is -4.16. The van der Waals surface area contributed by atoms with Gasteiger partial charge in [0, 0.05) is 24.1 Å². The maximum Gasteiger partial charge on any atom is 0.508 e. The summed E-state index contributed by atoms with van der Waals surface area (Å²) >= 11 is 11.5. The number of phosphoric acid groups is 1. The third-order valence-corrected chi connectivity index (χ3v) is 11.9. The van der Waals surface area contributed by atoms with Gasteiger partial charge in [-0.3, -0.25) is 23.2 Å². The van der Waals surface area contributed by atoms with Gasteiger partial charge in [0.25, 0.3) is 11.8 Å². The monoisotopic (exact) mass is 876 g/mol. The van der Waals surface area contributed by atoms with Crippen LogP contribution in [0.3, 0.4) is 0 Å². The highest BCUT2D eigenvalue weighted by Gasteiger charge is 2.57. The fourth-order valence-corrected chi connectivity index (χ4v) is 8.23. The normalized spacial score (nSPS) is 19.7. The van der Waals surface area contributed by atoms with Gasteiger partial charge in [0.2, 0.25) is 0 Å². The number of hydrogen-bond acceptors (Lipinski definition) is 11. The third-order valence-electron chi connectivity index (χ3n) is 9.86. The smallest absolute Gasteiger partial charge is 0.484 e. The minimum absolute atomic E-state index is 0.0724. The number of carbonyl (C=O) groups is 3. The van der Waals surface area contributed by atoms with Crippen LogP contribution in [0.2, 0.25) is 10.0 Å².